The van der Waals surface area contributed by atoms with Crippen LogP contribution in [0.4, 0.5) is 4.79 Å². The van der Waals surface area contributed by atoms with Crippen LogP contribution in [0, 0.1) is 0 Å². The number of hydrogen-bond acceptors (Lipinski definition) is 4. The molecule has 0 aromatic carbocycles. The first-order valence-electron chi connectivity index (χ1n) is 7.11. The van der Waals surface area contributed by atoms with Crippen LogP contribution >= 0.6 is 0 Å². The minimum Gasteiger partial charge on any atom is -0.466 e. The van der Waals surface area contributed by atoms with Crippen LogP contribution in [0.3, 0.4) is 0 Å². The molecule has 1 atom stereocenters. The van der Waals surface area contributed by atoms with Crippen LogP contribution in [-0.2, 0) is 15.1 Å². The van der Waals surface area contributed by atoms with Crippen LogP contribution in [0.5, 0.6) is 0 Å². The summed E-state index contributed by atoms with van der Waals surface area (Å²) in [5.41, 5.74) is -1.30. The van der Waals surface area contributed by atoms with Crippen LogP contribution in [0.2, 0.25) is 0 Å². The van der Waals surface area contributed by atoms with E-state index in [1.54, 1.807) is 31.2 Å². The third kappa shape index (κ3) is 3.03. The van der Waals surface area contributed by atoms with Gasteiger partial charge >= 0.3 is 6.03 Å². The van der Waals surface area contributed by atoms with Crippen LogP contribution < -0.4 is 5.32 Å². The van der Waals surface area contributed by atoms with Gasteiger partial charge in [0, 0.05) is 13.1 Å². The maximum atomic E-state index is 12.6. The molecule has 0 aliphatic carbocycles. The molecule has 7 nitrogen and oxygen atoms in total. The van der Waals surface area contributed by atoms with E-state index in [0.717, 1.165) is 4.90 Å². The molecule has 0 saturated carbocycles. The van der Waals surface area contributed by atoms with Gasteiger partial charge in [-0.3, -0.25) is 14.5 Å². The predicted molar refractivity (Wildman–Crippen MR) is 83.3 cm³/mol. The lowest BCUT2D eigenvalue weighted by molar-refractivity contribution is -0.138. The van der Waals surface area contributed by atoms with Crippen LogP contribution in [-0.4, -0.2) is 47.3 Å². The van der Waals surface area contributed by atoms with Crippen LogP contribution in [0.1, 0.15) is 12.7 Å². The number of carbonyl (C=O) groups is 3. The van der Waals surface area contributed by atoms with Crippen molar-refractivity contribution < 1.29 is 18.8 Å². The van der Waals surface area contributed by atoms with Crippen molar-refractivity contribution in [2.24, 2.45) is 0 Å². The summed E-state index contributed by atoms with van der Waals surface area (Å²) in [5, 5.41) is 2.57. The Kier molecular flexibility index (Phi) is 4.68. The van der Waals surface area contributed by atoms with E-state index < -0.39 is 17.5 Å². The zero-order valence-corrected chi connectivity index (χ0v) is 12.9. The van der Waals surface area contributed by atoms with E-state index in [4.69, 9.17) is 4.42 Å². The molecule has 2 heterocycles. The summed E-state index contributed by atoms with van der Waals surface area (Å²) >= 11 is 0. The van der Waals surface area contributed by atoms with Crippen molar-refractivity contribution in [2.75, 3.05) is 19.6 Å². The summed E-state index contributed by atoms with van der Waals surface area (Å²) in [6, 6.07) is 2.61. The largest absolute Gasteiger partial charge is 0.466 e. The van der Waals surface area contributed by atoms with E-state index in [-0.39, 0.29) is 12.5 Å². The van der Waals surface area contributed by atoms with Crippen molar-refractivity contribution in [1.82, 2.24) is 15.1 Å². The van der Waals surface area contributed by atoms with E-state index in [0.29, 0.717) is 18.8 Å². The molecule has 4 amide bonds. The average Bonchev–Trinajstić information content (AvgIpc) is 3.11. The van der Waals surface area contributed by atoms with Gasteiger partial charge in [-0.1, -0.05) is 12.2 Å². The maximum Gasteiger partial charge on any atom is 0.325 e. The first kappa shape index (κ1) is 16.5. The second kappa shape index (κ2) is 6.51. The lowest BCUT2D eigenvalue weighted by Crippen LogP contribution is -2.44. The number of carbonyl (C=O) groups excluding carboxylic acids is 3. The van der Waals surface area contributed by atoms with Crippen molar-refractivity contribution in [3.05, 3.63) is 49.5 Å². The normalized spacial score (nSPS) is 20.3. The lowest BCUT2D eigenvalue weighted by atomic mass is 9.99. The number of rotatable bonds is 7. The van der Waals surface area contributed by atoms with Gasteiger partial charge in [0.1, 0.15) is 12.3 Å². The molecule has 7 heteroatoms. The number of urea groups is 1. The molecule has 1 N–H and O–H groups in total. The molecule has 1 aromatic heterocycles. The Labute approximate surface area is 134 Å². The number of amides is 4. The molecular formula is C16H19N3O4. The smallest absolute Gasteiger partial charge is 0.325 e. The summed E-state index contributed by atoms with van der Waals surface area (Å²) < 4.78 is 5.23. The Morgan fingerprint density at radius 1 is 1.39 bits per heavy atom. The van der Waals surface area contributed by atoms with Gasteiger partial charge in [-0.25, -0.2) is 4.79 Å². The van der Waals surface area contributed by atoms with Crippen molar-refractivity contribution >= 4 is 17.8 Å². The highest BCUT2D eigenvalue weighted by Crippen LogP contribution is 2.28. The lowest BCUT2D eigenvalue weighted by Gasteiger charge is -2.22. The third-order valence-electron chi connectivity index (χ3n) is 3.63. The molecule has 1 aromatic rings. The number of furan rings is 1. The number of hydrogen-bond donors (Lipinski definition) is 1. The molecule has 122 valence electrons. The first-order valence-corrected chi connectivity index (χ1v) is 7.11. The van der Waals surface area contributed by atoms with Crippen LogP contribution in [0.15, 0.2) is 48.1 Å². The SMILES string of the molecule is C=CCN(CC=C)C(=O)CN1C(=O)N[C@@](C)(c2ccco2)C1=O. The van der Waals surface area contributed by atoms with Gasteiger partial charge < -0.3 is 14.6 Å². The molecule has 0 unspecified atom stereocenters. The molecule has 0 radical (unpaired) electrons. The number of nitrogens with one attached hydrogen (secondary N) is 1. The average molecular weight is 317 g/mol. The highest BCUT2D eigenvalue weighted by Gasteiger charge is 2.51. The second-order valence-electron chi connectivity index (χ2n) is 5.30. The summed E-state index contributed by atoms with van der Waals surface area (Å²) in [5.74, 6) is -0.570. The summed E-state index contributed by atoms with van der Waals surface area (Å²) in [6.45, 7) is 8.98. The Morgan fingerprint density at radius 2 is 2.04 bits per heavy atom. The predicted octanol–water partition coefficient (Wildman–Crippen LogP) is 1.25. The Bertz CT molecular complexity index is 628. The van der Waals surface area contributed by atoms with Crippen molar-refractivity contribution in [2.45, 2.75) is 12.5 Å². The molecule has 2 rings (SSSR count). The zero-order chi connectivity index (χ0) is 17.0. The fourth-order valence-corrected chi connectivity index (χ4v) is 2.40. The fourth-order valence-electron chi connectivity index (χ4n) is 2.40. The van der Waals surface area contributed by atoms with E-state index >= 15 is 0 Å². The van der Waals surface area contributed by atoms with Gasteiger partial charge in [-0.15, -0.1) is 13.2 Å². The molecule has 1 aliphatic rings. The Balaban J connectivity index is 2.16. The summed E-state index contributed by atoms with van der Waals surface area (Å²) in [7, 11) is 0. The monoisotopic (exact) mass is 317 g/mol. The van der Waals surface area contributed by atoms with Gasteiger partial charge in [0.05, 0.1) is 6.26 Å². The highest BCUT2D eigenvalue weighted by atomic mass is 16.3. The molecule has 0 spiro atoms. The molecule has 1 fully saturated rings. The van der Waals surface area contributed by atoms with E-state index in [9.17, 15) is 14.4 Å². The van der Waals surface area contributed by atoms with E-state index in [1.807, 2.05) is 0 Å². The van der Waals surface area contributed by atoms with Gasteiger partial charge in [0.25, 0.3) is 5.91 Å². The highest BCUT2D eigenvalue weighted by molar-refractivity contribution is 6.08. The topological polar surface area (TPSA) is 82.9 Å². The first-order chi connectivity index (χ1) is 10.9. The second-order valence-corrected chi connectivity index (χ2v) is 5.30. The van der Waals surface area contributed by atoms with E-state index in [2.05, 4.69) is 18.5 Å². The van der Waals surface area contributed by atoms with Crippen molar-refractivity contribution in [3.8, 4) is 0 Å². The van der Waals surface area contributed by atoms with Crippen molar-refractivity contribution in [1.29, 1.82) is 0 Å². The molecule has 0 bridgehead atoms. The van der Waals surface area contributed by atoms with E-state index in [1.165, 1.54) is 11.2 Å². The maximum absolute atomic E-state index is 12.6. The standard InChI is InChI=1S/C16H19N3O4/c1-4-8-18(9-5-2)13(20)11-19-14(21)16(3,17-15(19)22)12-7-6-10-23-12/h4-7,10H,1-2,8-9,11H2,3H3,(H,17,22)/t16-/m0/s1. The molecule has 1 aliphatic heterocycles. The van der Waals surface area contributed by atoms with Gasteiger partial charge in [-0.05, 0) is 19.1 Å². The Morgan fingerprint density at radius 3 is 2.57 bits per heavy atom. The molecular weight excluding hydrogens is 298 g/mol. The van der Waals surface area contributed by atoms with Gasteiger partial charge in [0.2, 0.25) is 5.91 Å². The zero-order valence-electron chi connectivity index (χ0n) is 12.9. The molecule has 23 heavy (non-hydrogen) atoms. The Hall–Kier alpha value is -2.83. The quantitative estimate of drug-likeness (QED) is 0.606. The fraction of sp³-hybridized carbons (Fsp3) is 0.312. The number of imide groups is 1. The van der Waals surface area contributed by atoms with Gasteiger partial charge in [-0.2, -0.15) is 0 Å². The van der Waals surface area contributed by atoms with Crippen molar-refractivity contribution in [3.63, 3.8) is 0 Å². The summed E-state index contributed by atoms with van der Waals surface area (Å²) in [6.07, 6.45) is 4.56. The summed E-state index contributed by atoms with van der Waals surface area (Å²) in [4.78, 5) is 39.3. The third-order valence-corrected chi connectivity index (χ3v) is 3.63. The van der Waals surface area contributed by atoms with Gasteiger partial charge in [0.15, 0.2) is 5.54 Å². The number of nitrogens with zero attached hydrogens (tertiary/aromatic N) is 2. The minimum atomic E-state index is -1.30. The van der Waals surface area contributed by atoms with Crippen LogP contribution in [0.25, 0.3) is 0 Å². The minimum absolute atomic E-state index is 0.309. The molecule has 1 saturated heterocycles.